The fourth-order valence-electron chi connectivity index (χ4n) is 3.67. The van der Waals surface area contributed by atoms with E-state index in [-0.39, 0.29) is 11.7 Å². The molecule has 2 heterocycles. The SMILES string of the molecule is Cn1c(CC2CCCCC2)nnc1SCC(=O)Nc1nc(-c2ccc(Cl)cc2)cs1. The molecule has 2 aromatic heterocycles. The van der Waals surface area contributed by atoms with Crippen molar-refractivity contribution in [2.75, 3.05) is 11.1 Å². The predicted molar refractivity (Wildman–Crippen MR) is 123 cm³/mol. The Morgan fingerprint density at radius 1 is 1.23 bits per heavy atom. The van der Waals surface area contributed by atoms with Gasteiger partial charge >= 0.3 is 0 Å². The van der Waals surface area contributed by atoms with Gasteiger partial charge in [0.1, 0.15) is 5.82 Å². The largest absolute Gasteiger partial charge is 0.309 e. The fourth-order valence-corrected chi connectivity index (χ4v) is 5.26. The summed E-state index contributed by atoms with van der Waals surface area (Å²) in [5.74, 6) is 1.89. The predicted octanol–water partition coefficient (Wildman–Crippen LogP) is 5.45. The van der Waals surface area contributed by atoms with Crippen LogP contribution in [0.4, 0.5) is 5.13 Å². The summed E-state index contributed by atoms with van der Waals surface area (Å²) in [6, 6.07) is 7.48. The van der Waals surface area contributed by atoms with Gasteiger partial charge in [-0.2, -0.15) is 0 Å². The molecular formula is C21H24ClN5OS2. The van der Waals surface area contributed by atoms with Crippen LogP contribution in [-0.2, 0) is 18.3 Å². The van der Waals surface area contributed by atoms with Crippen LogP contribution in [0.1, 0.15) is 37.9 Å². The Kier molecular flexibility index (Phi) is 7.07. The number of thiazole rings is 1. The number of carbonyl (C=O) groups excluding carboxylic acids is 1. The van der Waals surface area contributed by atoms with Crippen molar-refractivity contribution < 1.29 is 4.79 Å². The van der Waals surface area contributed by atoms with Crippen LogP contribution in [0, 0.1) is 5.92 Å². The highest BCUT2D eigenvalue weighted by Crippen LogP contribution is 2.28. The number of nitrogens with one attached hydrogen (secondary N) is 1. The van der Waals surface area contributed by atoms with Gasteiger partial charge < -0.3 is 9.88 Å². The van der Waals surface area contributed by atoms with Crippen LogP contribution in [0.2, 0.25) is 5.02 Å². The molecule has 9 heteroatoms. The molecule has 1 N–H and O–H groups in total. The maximum atomic E-state index is 12.4. The molecule has 1 fully saturated rings. The quantitative estimate of drug-likeness (QED) is 0.474. The van der Waals surface area contributed by atoms with Gasteiger partial charge in [0.15, 0.2) is 10.3 Å². The Balaban J connectivity index is 1.29. The van der Waals surface area contributed by atoms with Crippen molar-refractivity contribution >= 4 is 45.7 Å². The highest BCUT2D eigenvalue weighted by atomic mass is 35.5. The monoisotopic (exact) mass is 461 g/mol. The van der Waals surface area contributed by atoms with Crippen molar-refractivity contribution in [3.8, 4) is 11.3 Å². The summed E-state index contributed by atoms with van der Waals surface area (Å²) in [6.45, 7) is 0. The normalized spacial score (nSPS) is 14.7. The third-order valence-electron chi connectivity index (χ3n) is 5.34. The summed E-state index contributed by atoms with van der Waals surface area (Å²) in [5, 5.41) is 15.5. The van der Waals surface area contributed by atoms with Gasteiger partial charge in [0, 0.05) is 29.4 Å². The van der Waals surface area contributed by atoms with Crippen LogP contribution in [-0.4, -0.2) is 31.4 Å². The second-order valence-corrected chi connectivity index (χ2v) is 9.78. The second-order valence-electron chi connectivity index (χ2n) is 7.55. The summed E-state index contributed by atoms with van der Waals surface area (Å²) in [6.07, 6.45) is 7.53. The fraction of sp³-hybridized carbons (Fsp3) is 0.429. The Morgan fingerprint density at radius 2 is 2.00 bits per heavy atom. The first-order chi connectivity index (χ1) is 14.6. The van der Waals surface area contributed by atoms with E-state index in [2.05, 4.69) is 20.5 Å². The summed E-state index contributed by atoms with van der Waals surface area (Å²) < 4.78 is 2.02. The molecule has 0 saturated heterocycles. The molecule has 4 rings (SSSR count). The standard InChI is InChI=1S/C21H24ClN5OS2/c1-27-18(11-14-5-3-2-4-6-14)25-26-21(27)30-13-19(28)24-20-23-17(12-29-20)15-7-9-16(22)10-8-15/h7-10,12,14H,2-6,11,13H2,1H3,(H,23,24,28). The highest BCUT2D eigenvalue weighted by Gasteiger charge is 2.18. The average molecular weight is 462 g/mol. The molecule has 0 bridgehead atoms. The lowest BCUT2D eigenvalue weighted by Crippen LogP contribution is -2.15. The maximum absolute atomic E-state index is 12.4. The Hall–Kier alpha value is -1.90. The molecule has 1 aliphatic carbocycles. The zero-order valence-electron chi connectivity index (χ0n) is 16.8. The summed E-state index contributed by atoms with van der Waals surface area (Å²) in [5.41, 5.74) is 1.79. The molecule has 0 spiro atoms. The molecule has 0 radical (unpaired) electrons. The Bertz CT molecular complexity index is 995. The van der Waals surface area contributed by atoms with Gasteiger partial charge in [0.25, 0.3) is 0 Å². The highest BCUT2D eigenvalue weighted by molar-refractivity contribution is 7.99. The molecule has 1 amide bonds. The van der Waals surface area contributed by atoms with Crippen LogP contribution in [0.3, 0.4) is 0 Å². The van der Waals surface area contributed by atoms with Crippen LogP contribution in [0.5, 0.6) is 0 Å². The van der Waals surface area contributed by atoms with Crippen LogP contribution < -0.4 is 5.32 Å². The number of rotatable bonds is 7. The van der Waals surface area contributed by atoms with E-state index < -0.39 is 0 Å². The van der Waals surface area contributed by atoms with Crippen molar-refractivity contribution in [3.05, 3.63) is 40.5 Å². The van der Waals surface area contributed by atoms with Gasteiger partial charge in [0.2, 0.25) is 5.91 Å². The smallest absolute Gasteiger partial charge is 0.236 e. The number of carbonyl (C=O) groups is 1. The van der Waals surface area contributed by atoms with Gasteiger partial charge in [-0.25, -0.2) is 4.98 Å². The van der Waals surface area contributed by atoms with Gasteiger partial charge in [-0.1, -0.05) is 67.6 Å². The number of hydrogen-bond acceptors (Lipinski definition) is 6. The topological polar surface area (TPSA) is 72.7 Å². The number of halogens is 1. The van der Waals surface area contributed by atoms with E-state index in [1.807, 2.05) is 41.3 Å². The Labute approximate surface area is 189 Å². The minimum atomic E-state index is -0.103. The Morgan fingerprint density at radius 3 is 2.77 bits per heavy atom. The maximum Gasteiger partial charge on any atom is 0.236 e. The minimum absolute atomic E-state index is 0.103. The first-order valence-electron chi connectivity index (χ1n) is 10.1. The molecule has 0 unspecified atom stereocenters. The molecule has 1 aliphatic rings. The number of hydrogen-bond donors (Lipinski definition) is 1. The molecule has 30 heavy (non-hydrogen) atoms. The number of benzene rings is 1. The summed E-state index contributed by atoms with van der Waals surface area (Å²) in [7, 11) is 1.98. The van der Waals surface area contributed by atoms with E-state index in [0.29, 0.717) is 16.1 Å². The van der Waals surface area contributed by atoms with Crippen LogP contribution in [0.25, 0.3) is 11.3 Å². The average Bonchev–Trinajstić information content (AvgIpc) is 3.35. The molecular weight excluding hydrogens is 438 g/mol. The van der Waals surface area contributed by atoms with Gasteiger partial charge in [-0.05, 0) is 18.1 Å². The number of thioether (sulfide) groups is 1. The lowest BCUT2D eigenvalue weighted by Gasteiger charge is -2.20. The van der Waals surface area contributed by atoms with E-state index in [1.165, 1.54) is 55.2 Å². The van der Waals surface area contributed by atoms with Gasteiger partial charge in [0.05, 0.1) is 11.4 Å². The van der Waals surface area contributed by atoms with E-state index in [9.17, 15) is 4.79 Å². The molecule has 1 saturated carbocycles. The van der Waals surface area contributed by atoms with Crippen LogP contribution in [0.15, 0.2) is 34.8 Å². The summed E-state index contributed by atoms with van der Waals surface area (Å²) >= 11 is 8.74. The van der Waals surface area contributed by atoms with Gasteiger partial charge in [-0.3, -0.25) is 4.79 Å². The lowest BCUT2D eigenvalue weighted by atomic mass is 9.87. The van der Waals surface area contributed by atoms with Crippen molar-refractivity contribution in [3.63, 3.8) is 0 Å². The summed E-state index contributed by atoms with van der Waals surface area (Å²) in [4.78, 5) is 16.9. The number of nitrogens with zero attached hydrogens (tertiary/aromatic N) is 4. The van der Waals surface area contributed by atoms with E-state index in [0.717, 1.165) is 28.7 Å². The zero-order valence-corrected chi connectivity index (χ0v) is 19.2. The van der Waals surface area contributed by atoms with Crippen molar-refractivity contribution in [2.45, 2.75) is 43.7 Å². The van der Waals surface area contributed by atoms with Crippen molar-refractivity contribution in [1.29, 1.82) is 0 Å². The van der Waals surface area contributed by atoms with Crippen molar-refractivity contribution in [2.24, 2.45) is 13.0 Å². The van der Waals surface area contributed by atoms with E-state index in [1.54, 1.807) is 0 Å². The molecule has 6 nitrogen and oxygen atoms in total. The van der Waals surface area contributed by atoms with Gasteiger partial charge in [-0.15, -0.1) is 21.5 Å². The first-order valence-corrected chi connectivity index (χ1v) is 12.3. The molecule has 3 aromatic rings. The number of amides is 1. The minimum Gasteiger partial charge on any atom is -0.309 e. The molecule has 0 aliphatic heterocycles. The first kappa shape index (κ1) is 21.3. The van der Waals surface area contributed by atoms with Crippen molar-refractivity contribution in [1.82, 2.24) is 19.7 Å². The molecule has 158 valence electrons. The molecule has 1 aromatic carbocycles. The number of aromatic nitrogens is 4. The van der Waals surface area contributed by atoms with E-state index in [4.69, 9.17) is 11.6 Å². The third-order valence-corrected chi connectivity index (χ3v) is 7.37. The lowest BCUT2D eigenvalue weighted by molar-refractivity contribution is -0.113. The molecule has 0 atom stereocenters. The third kappa shape index (κ3) is 5.42. The zero-order chi connectivity index (χ0) is 20.9. The second kappa shape index (κ2) is 9.94. The number of anilines is 1. The van der Waals surface area contributed by atoms with E-state index >= 15 is 0 Å². The van der Waals surface area contributed by atoms with Crippen LogP contribution >= 0.6 is 34.7 Å².